The van der Waals surface area contributed by atoms with Crippen LogP contribution < -0.4 is 10.6 Å². The van der Waals surface area contributed by atoms with Gasteiger partial charge in [0.25, 0.3) is 5.69 Å². The van der Waals surface area contributed by atoms with Gasteiger partial charge in [0.2, 0.25) is 0 Å². The minimum atomic E-state index is -0.465. The van der Waals surface area contributed by atoms with Crippen molar-refractivity contribution in [3.05, 3.63) is 113 Å². The van der Waals surface area contributed by atoms with Crippen LogP contribution in [-0.2, 0) is 0 Å². The molecular weight excluding hydrogens is 434 g/mol. The molecule has 0 spiro atoms. The van der Waals surface area contributed by atoms with E-state index >= 15 is 0 Å². The van der Waals surface area contributed by atoms with E-state index in [1.165, 1.54) is 30.3 Å². The first kappa shape index (κ1) is 22.2. The number of phenolic OH excluding ortho intramolecular Hbond substituents is 1. The van der Waals surface area contributed by atoms with Gasteiger partial charge in [0.1, 0.15) is 17.4 Å². The van der Waals surface area contributed by atoms with E-state index in [0.717, 1.165) is 0 Å². The van der Waals surface area contributed by atoms with E-state index in [0.29, 0.717) is 34.1 Å². The van der Waals surface area contributed by atoms with Crippen LogP contribution in [0.25, 0.3) is 6.08 Å². The van der Waals surface area contributed by atoms with Gasteiger partial charge in [-0.05, 0) is 72.8 Å². The SMILES string of the molecule is O=C(C=Cc1cccnc1Nc1ccc([N+](=O)[O-])cc1)c1cccnc1Nc1ccc(O)cc1. The summed E-state index contributed by atoms with van der Waals surface area (Å²) < 4.78 is 0. The summed E-state index contributed by atoms with van der Waals surface area (Å²) in [6, 6.07) is 19.3. The van der Waals surface area contributed by atoms with Gasteiger partial charge in [0, 0.05) is 41.5 Å². The Morgan fingerprint density at radius 1 is 0.853 bits per heavy atom. The van der Waals surface area contributed by atoms with Crippen molar-refractivity contribution in [1.29, 1.82) is 0 Å². The number of nitro benzene ring substituents is 1. The minimum absolute atomic E-state index is 0.00882. The second kappa shape index (κ2) is 10.0. The van der Waals surface area contributed by atoms with Crippen LogP contribution in [0.5, 0.6) is 5.75 Å². The molecule has 9 heteroatoms. The Kier molecular flexibility index (Phi) is 6.55. The summed E-state index contributed by atoms with van der Waals surface area (Å²) in [6.45, 7) is 0. The molecule has 168 valence electrons. The number of aromatic hydroxyl groups is 1. The van der Waals surface area contributed by atoms with Gasteiger partial charge in [-0.2, -0.15) is 0 Å². The largest absolute Gasteiger partial charge is 0.508 e. The number of non-ortho nitro benzene ring substituents is 1. The first-order valence-electron chi connectivity index (χ1n) is 10.2. The lowest BCUT2D eigenvalue weighted by atomic mass is 10.1. The van der Waals surface area contributed by atoms with Crippen LogP contribution in [0, 0.1) is 10.1 Å². The lowest BCUT2D eigenvalue weighted by Gasteiger charge is -2.10. The number of nitrogens with zero attached hydrogens (tertiary/aromatic N) is 3. The average molecular weight is 453 g/mol. The molecule has 9 nitrogen and oxygen atoms in total. The lowest BCUT2D eigenvalue weighted by molar-refractivity contribution is -0.384. The number of pyridine rings is 2. The number of benzene rings is 2. The molecule has 2 aromatic carbocycles. The van der Waals surface area contributed by atoms with Crippen LogP contribution in [0.1, 0.15) is 15.9 Å². The second-order valence-corrected chi connectivity index (χ2v) is 7.14. The van der Waals surface area contributed by atoms with Crippen molar-refractivity contribution in [2.24, 2.45) is 0 Å². The third-order valence-corrected chi connectivity index (χ3v) is 4.80. The zero-order chi connectivity index (χ0) is 23.9. The van der Waals surface area contributed by atoms with E-state index in [9.17, 15) is 20.0 Å². The number of anilines is 4. The summed E-state index contributed by atoms with van der Waals surface area (Å²) in [4.78, 5) is 31.9. The van der Waals surface area contributed by atoms with Gasteiger partial charge in [0.15, 0.2) is 5.78 Å². The van der Waals surface area contributed by atoms with Crippen molar-refractivity contribution in [2.45, 2.75) is 0 Å². The fourth-order valence-corrected chi connectivity index (χ4v) is 3.10. The molecule has 0 saturated carbocycles. The highest BCUT2D eigenvalue weighted by molar-refractivity contribution is 6.10. The van der Waals surface area contributed by atoms with Crippen LogP contribution in [0.15, 0.2) is 91.3 Å². The highest BCUT2D eigenvalue weighted by atomic mass is 16.6. The number of hydrogen-bond acceptors (Lipinski definition) is 8. The fraction of sp³-hybridized carbons (Fsp3) is 0. The molecule has 0 fully saturated rings. The Morgan fingerprint density at radius 3 is 2.12 bits per heavy atom. The summed E-state index contributed by atoms with van der Waals surface area (Å²) in [5.41, 5.74) is 2.33. The van der Waals surface area contributed by atoms with Crippen LogP contribution in [0.2, 0.25) is 0 Å². The van der Waals surface area contributed by atoms with Crippen molar-refractivity contribution in [3.8, 4) is 5.75 Å². The fourth-order valence-electron chi connectivity index (χ4n) is 3.10. The first-order valence-corrected chi connectivity index (χ1v) is 10.2. The highest BCUT2D eigenvalue weighted by Crippen LogP contribution is 2.24. The number of hydrogen-bond donors (Lipinski definition) is 3. The van der Waals surface area contributed by atoms with E-state index in [2.05, 4.69) is 20.6 Å². The molecule has 4 rings (SSSR count). The van der Waals surface area contributed by atoms with E-state index in [4.69, 9.17) is 0 Å². The number of ketones is 1. The van der Waals surface area contributed by atoms with Crippen LogP contribution in [0.3, 0.4) is 0 Å². The van der Waals surface area contributed by atoms with Gasteiger partial charge in [-0.15, -0.1) is 0 Å². The normalized spacial score (nSPS) is 10.7. The molecule has 0 aliphatic carbocycles. The van der Waals surface area contributed by atoms with E-state index < -0.39 is 4.92 Å². The van der Waals surface area contributed by atoms with E-state index in [1.807, 2.05) is 0 Å². The molecular formula is C25H19N5O4. The topological polar surface area (TPSA) is 130 Å². The maximum absolute atomic E-state index is 12.9. The minimum Gasteiger partial charge on any atom is -0.508 e. The third-order valence-electron chi connectivity index (χ3n) is 4.80. The number of carbonyl (C=O) groups is 1. The van der Waals surface area contributed by atoms with E-state index in [1.54, 1.807) is 67.0 Å². The molecule has 0 atom stereocenters. The number of carbonyl (C=O) groups excluding carboxylic acids is 1. The summed E-state index contributed by atoms with van der Waals surface area (Å²) in [6.07, 6.45) is 6.25. The Hall–Kier alpha value is -5.05. The molecule has 0 aliphatic heterocycles. The molecule has 0 bridgehead atoms. The summed E-state index contributed by atoms with van der Waals surface area (Å²) >= 11 is 0. The molecule has 3 N–H and O–H groups in total. The predicted molar refractivity (Wildman–Crippen MR) is 130 cm³/mol. The zero-order valence-electron chi connectivity index (χ0n) is 17.8. The molecule has 0 radical (unpaired) electrons. The lowest BCUT2D eigenvalue weighted by Crippen LogP contribution is -2.03. The van der Waals surface area contributed by atoms with Crippen molar-refractivity contribution in [3.63, 3.8) is 0 Å². The maximum Gasteiger partial charge on any atom is 0.269 e. The smallest absolute Gasteiger partial charge is 0.269 e. The van der Waals surface area contributed by atoms with Crippen LogP contribution >= 0.6 is 0 Å². The first-order chi connectivity index (χ1) is 16.5. The van der Waals surface area contributed by atoms with Crippen molar-refractivity contribution < 1.29 is 14.8 Å². The molecule has 0 amide bonds. The van der Waals surface area contributed by atoms with Crippen molar-refractivity contribution >= 4 is 40.6 Å². The van der Waals surface area contributed by atoms with Gasteiger partial charge < -0.3 is 15.7 Å². The molecule has 0 saturated heterocycles. The highest BCUT2D eigenvalue weighted by Gasteiger charge is 2.11. The Balaban J connectivity index is 1.53. The quantitative estimate of drug-likeness (QED) is 0.105. The molecule has 34 heavy (non-hydrogen) atoms. The van der Waals surface area contributed by atoms with Crippen LogP contribution in [-0.4, -0.2) is 25.8 Å². The van der Waals surface area contributed by atoms with E-state index in [-0.39, 0.29) is 17.2 Å². The molecule has 0 unspecified atom stereocenters. The van der Waals surface area contributed by atoms with Gasteiger partial charge >= 0.3 is 0 Å². The maximum atomic E-state index is 12.9. The molecule has 4 aromatic rings. The number of aromatic nitrogens is 2. The molecule has 2 heterocycles. The standard InChI is InChI=1S/C25H19N5O4/c31-21-12-8-19(9-13-21)29-25-22(4-2-16-27-25)23(32)14-5-17-3-1-15-26-24(17)28-18-6-10-20(11-7-18)30(33)34/h1-16,31H,(H,26,28)(H,27,29). The Morgan fingerprint density at radius 2 is 1.44 bits per heavy atom. The van der Waals surface area contributed by atoms with Gasteiger partial charge in [0.05, 0.1) is 10.5 Å². The Labute approximate surface area is 194 Å². The number of rotatable bonds is 8. The molecule has 0 aliphatic rings. The number of allylic oxidation sites excluding steroid dienone is 1. The van der Waals surface area contributed by atoms with Crippen molar-refractivity contribution in [1.82, 2.24) is 9.97 Å². The summed E-state index contributed by atoms with van der Waals surface area (Å²) in [5.74, 6) is 0.757. The van der Waals surface area contributed by atoms with Crippen molar-refractivity contribution in [2.75, 3.05) is 10.6 Å². The number of phenols is 1. The van der Waals surface area contributed by atoms with Gasteiger partial charge in [-0.1, -0.05) is 0 Å². The second-order valence-electron chi connectivity index (χ2n) is 7.14. The number of nitro groups is 1. The van der Waals surface area contributed by atoms with Gasteiger partial charge in [-0.3, -0.25) is 14.9 Å². The predicted octanol–water partition coefficient (Wildman–Crippen LogP) is 5.47. The molecule has 2 aromatic heterocycles. The van der Waals surface area contributed by atoms with Gasteiger partial charge in [-0.25, -0.2) is 9.97 Å². The average Bonchev–Trinajstić information content (AvgIpc) is 2.85. The zero-order valence-corrected chi connectivity index (χ0v) is 17.8. The Bertz CT molecular complexity index is 1350. The summed E-state index contributed by atoms with van der Waals surface area (Å²) in [5, 5.41) is 26.5. The van der Waals surface area contributed by atoms with Crippen LogP contribution in [0.4, 0.5) is 28.7 Å². The summed E-state index contributed by atoms with van der Waals surface area (Å²) in [7, 11) is 0. The monoisotopic (exact) mass is 453 g/mol. The number of nitrogens with one attached hydrogen (secondary N) is 2. The third kappa shape index (κ3) is 5.40.